The lowest BCUT2D eigenvalue weighted by molar-refractivity contribution is -0.141. The second kappa shape index (κ2) is 6.00. The highest BCUT2D eigenvalue weighted by molar-refractivity contribution is 5.85. The highest BCUT2D eigenvalue weighted by atomic mass is 16.2. The third-order valence-corrected chi connectivity index (χ3v) is 3.31. The van der Waals surface area contributed by atoms with Crippen LogP contribution in [0.1, 0.15) is 25.7 Å². The molecule has 1 fully saturated rings. The molecular formula is C12H23N3O2. The molecule has 2 unspecified atom stereocenters. The molecule has 0 bridgehead atoms. The summed E-state index contributed by atoms with van der Waals surface area (Å²) in [5, 5.41) is 0. The van der Waals surface area contributed by atoms with Crippen molar-refractivity contribution in [2.45, 2.75) is 31.7 Å². The van der Waals surface area contributed by atoms with Crippen molar-refractivity contribution >= 4 is 11.8 Å². The van der Waals surface area contributed by atoms with Crippen molar-refractivity contribution < 1.29 is 9.59 Å². The molecule has 2 amide bonds. The zero-order chi connectivity index (χ0) is 13.0. The number of carbonyl (C=O) groups excluding carboxylic acids is 2. The maximum Gasteiger partial charge on any atom is 0.241 e. The first-order valence-electron chi connectivity index (χ1n) is 6.12. The fraction of sp³-hybridized carbons (Fsp3) is 0.833. The Morgan fingerprint density at radius 2 is 1.88 bits per heavy atom. The van der Waals surface area contributed by atoms with Gasteiger partial charge in [0.2, 0.25) is 11.8 Å². The van der Waals surface area contributed by atoms with Crippen LogP contribution < -0.4 is 5.73 Å². The normalized spacial score (nSPS) is 24.2. The van der Waals surface area contributed by atoms with Crippen LogP contribution >= 0.6 is 0 Å². The summed E-state index contributed by atoms with van der Waals surface area (Å²) < 4.78 is 0. The largest absolute Gasteiger partial charge is 0.347 e. The summed E-state index contributed by atoms with van der Waals surface area (Å²) in [5.74, 6) is -0.00461. The zero-order valence-electron chi connectivity index (χ0n) is 11.0. The molecule has 0 aromatic carbocycles. The minimum absolute atomic E-state index is 0.00119. The number of hydrogen-bond acceptors (Lipinski definition) is 3. The van der Waals surface area contributed by atoms with Crippen molar-refractivity contribution in [3.8, 4) is 0 Å². The van der Waals surface area contributed by atoms with E-state index in [-0.39, 0.29) is 30.3 Å². The Morgan fingerprint density at radius 1 is 1.24 bits per heavy atom. The van der Waals surface area contributed by atoms with E-state index in [1.165, 1.54) is 9.80 Å². The summed E-state index contributed by atoms with van der Waals surface area (Å²) in [5.41, 5.74) is 5.87. The Bertz CT molecular complexity index is 291. The molecule has 0 aromatic heterocycles. The quantitative estimate of drug-likeness (QED) is 0.759. The number of nitrogens with two attached hydrogens (primary N) is 1. The van der Waals surface area contributed by atoms with Gasteiger partial charge in [0.25, 0.3) is 0 Å². The Hall–Kier alpha value is -1.10. The standard InChI is InChI=1S/C12H23N3O2/c1-14(2)11(16)8-15(3)12(17)9-5-4-6-10(13)7-9/h9-10H,4-8,13H2,1-3H3. The first-order chi connectivity index (χ1) is 7.91. The van der Waals surface area contributed by atoms with Gasteiger partial charge in [-0.3, -0.25) is 9.59 Å². The predicted molar refractivity (Wildman–Crippen MR) is 66.3 cm³/mol. The van der Waals surface area contributed by atoms with Gasteiger partial charge in [0, 0.05) is 33.1 Å². The van der Waals surface area contributed by atoms with E-state index < -0.39 is 0 Å². The van der Waals surface area contributed by atoms with Crippen molar-refractivity contribution in [2.75, 3.05) is 27.7 Å². The molecule has 0 heterocycles. The molecule has 1 aliphatic carbocycles. The minimum Gasteiger partial charge on any atom is -0.347 e. The average Bonchev–Trinajstić information content (AvgIpc) is 2.27. The van der Waals surface area contributed by atoms with Crippen LogP contribution in [0.4, 0.5) is 0 Å². The Labute approximate surface area is 103 Å². The van der Waals surface area contributed by atoms with E-state index in [1.54, 1.807) is 21.1 Å². The monoisotopic (exact) mass is 241 g/mol. The third-order valence-electron chi connectivity index (χ3n) is 3.31. The molecular weight excluding hydrogens is 218 g/mol. The second-order valence-corrected chi connectivity index (χ2v) is 5.11. The number of hydrogen-bond donors (Lipinski definition) is 1. The van der Waals surface area contributed by atoms with Gasteiger partial charge in [-0.1, -0.05) is 6.42 Å². The first-order valence-corrected chi connectivity index (χ1v) is 6.12. The summed E-state index contributed by atoms with van der Waals surface area (Å²) in [7, 11) is 5.07. The molecule has 2 atom stereocenters. The topological polar surface area (TPSA) is 66.6 Å². The molecule has 5 heteroatoms. The Morgan fingerprint density at radius 3 is 2.41 bits per heavy atom. The van der Waals surface area contributed by atoms with E-state index in [0.29, 0.717) is 0 Å². The van der Waals surface area contributed by atoms with Crippen molar-refractivity contribution in [1.82, 2.24) is 9.80 Å². The van der Waals surface area contributed by atoms with Crippen LogP contribution in [-0.2, 0) is 9.59 Å². The van der Waals surface area contributed by atoms with Crippen LogP contribution in [0, 0.1) is 5.92 Å². The van der Waals surface area contributed by atoms with Gasteiger partial charge in [-0.15, -0.1) is 0 Å². The highest BCUT2D eigenvalue weighted by Gasteiger charge is 2.28. The molecule has 0 saturated heterocycles. The Balaban J connectivity index is 2.48. The van der Waals surface area contributed by atoms with Crippen LogP contribution in [0.3, 0.4) is 0 Å². The summed E-state index contributed by atoms with van der Waals surface area (Å²) in [6.07, 6.45) is 3.66. The van der Waals surface area contributed by atoms with Crippen molar-refractivity contribution in [3.05, 3.63) is 0 Å². The summed E-state index contributed by atoms with van der Waals surface area (Å²) >= 11 is 0. The summed E-state index contributed by atoms with van der Waals surface area (Å²) in [4.78, 5) is 26.6. The maximum absolute atomic E-state index is 12.1. The lowest BCUT2D eigenvalue weighted by Gasteiger charge is -2.29. The van der Waals surface area contributed by atoms with Gasteiger partial charge in [-0.25, -0.2) is 0 Å². The fourth-order valence-corrected chi connectivity index (χ4v) is 2.19. The number of carbonyl (C=O) groups is 2. The molecule has 17 heavy (non-hydrogen) atoms. The highest BCUT2D eigenvalue weighted by Crippen LogP contribution is 2.24. The van der Waals surface area contributed by atoms with Gasteiger partial charge < -0.3 is 15.5 Å². The van der Waals surface area contributed by atoms with Crippen molar-refractivity contribution in [3.63, 3.8) is 0 Å². The third kappa shape index (κ3) is 4.00. The lowest BCUT2D eigenvalue weighted by atomic mass is 9.85. The van der Waals surface area contributed by atoms with Crippen LogP contribution in [-0.4, -0.2) is 55.3 Å². The smallest absolute Gasteiger partial charge is 0.241 e. The number of likely N-dealkylation sites (N-methyl/N-ethyl adjacent to an activating group) is 2. The molecule has 5 nitrogen and oxygen atoms in total. The van der Waals surface area contributed by atoms with E-state index >= 15 is 0 Å². The van der Waals surface area contributed by atoms with Crippen LogP contribution in [0.2, 0.25) is 0 Å². The molecule has 0 aromatic rings. The maximum atomic E-state index is 12.1. The minimum atomic E-state index is -0.0547. The van der Waals surface area contributed by atoms with Crippen molar-refractivity contribution in [1.29, 1.82) is 0 Å². The van der Waals surface area contributed by atoms with E-state index in [4.69, 9.17) is 5.73 Å². The summed E-state index contributed by atoms with van der Waals surface area (Å²) in [6, 6.07) is 0.135. The molecule has 0 aliphatic heterocycles. The van der Waals surface area contributed by atoms with E-state index in [1.807, 2.05) is 0 Å². The zero-order valence-corrected chi connectivity index (χ0v) is 11.0. The van der Waals surface area contributed by atoms with Gasteiger partial charge in [-0.05, 0) is 19.3 Å². The summed E-state index contributed by atoms with van der Waals surface area (Å²) in [6.45, 7) is 0.150. The van der Waals surface area contributed by atoms with Crippen LogP contribution in [0.25, 0.3) is 0 Å². The number of nitrogens with zero attached hydrogens (tertiary/aromatic N) is 2. The first kappa shape index (κ1) is 14.0. The molecule has 1 rings (SSSR count). The van der Waals surface area contributed by atoms with E-state index in [0.717, 1.165) is 25.7 Å². The number of rotatable bonds is 3. The lowest BCUT2D eigenvalue weighted by Crippen LogP contribution is -2.43. The SMILES string of the molecule is CN(C)C(=O)CN(C)C(=O)C1CCCC(N)C1. The van der Waals surface area contributed by atoms with Gasteiger partial charge in [0.15, 0.2) is 0 Å². The number of amides is 2. The van der Waals surface area contributed by atoms with E-state index in [9.17, 15) is 9.59 Å². The van der Waals surface area contributed by atoms with Gasteiger partial charge >= 0.3 is 0 Å². The van der Waals surface area contributed by atoms with Crippen LogP contribution in [0.15, 0.2) is 0 Å². The molecule has 2 N–H and O–H groups in total. The average molecular weight is 241 g/mol. The molecule has 1 aliphatic rings. The Kier molecular flexibility index (Phi) is 4.93. The van der Waals surface area contributed by atoms with Gasteiger partial charge in [0.1, 0.15) is 0 Å². The van der Waals surface area contributed by atoms with Crippen molar-refractivity contribution in [2.24, 2.45) is 11.7 Å². The molecule has 1 saturated carbocycles. The predicted octanol–water partition coefficient (Wildman–Crippen LogP) is 0.0505. The van der Waals surface area contributed by atoms with Crippen LogP contribution in [0.5, 0.6) is 0 Å². The molecule has 0 spiro atoms. The fourth-order valence-electron chi connectivity index (χ4n) is 2.19. The van der Waals surface area contributed by atoms with Gasteiger partial charge in [0.05, 0.1) is 6.54 Å². The van der Waals surface area contributed by atoms with Gasteiger partial charge in [-0.2, -0.15) is 0 Å². The van der Waals surface area contributed by atoms with E-state index in [2.05, 4.69) is 0 Å². The molecule has 0 radical (unpaired) electrons. The molecule has 98 valence electrons. The second-order valence-electron chi connectivity index (χ2n) is 5.11.